The van der Waals surface area contributed by atoms with Crippen LogP contribution >= 0.6 is 0 Å². The zero-order valence-electron chi connectivity index (χ0n) is 10.8. The molecule has 0 N–H and O–H groups in total. The predicted molar refractivity (Wildman–Crippen MR) is 63.8 cm³/mol. The summed E-state index contributed by atoms with van der Waals surface area (Å²) in [5.74, 6) is -0.446. The second kappa shape index (κ2) is 4.80. The molecule has 6 heteroatoms. The van der Waals surface area contributed by atoms with Crippen molar-refractivity contribution in [2.45, 2.75) is 6.92 Å². The van der Waals surface area contributed by atoms with E-state index in [9.17, 15) is 9.59 Å². The van der Waals surface area contributed by atoms with E-state index in [1.165, 1.54) is 7.11 Å². The molecule has 1 aliphatic heterocycles. The van der Waals surface area contributed by atoms with Crippen molar-refractivity contribution in [3.63, 3.8) is 0 Å². The number of nitrogens with zero attached hydrogens (tertiary/aromatic N) is 3. The van der Waals surface area contributed by atoms with Crippen molar-refractivity contribution in [1.82, 2.24) is 14.5 Å². The Morgan fingerprint density at radius 3 is 2.72 bits per heavy atom. The lowest BCUT2D eigenvalue weighted by Gasteiger charge is -2.15. The van der Waals surface area contributed by atoms with E-state index in [2.05, 4.69) is 4.98 Å². The number of ether oxygens (including phenoxy) is 1. The standard InChI is InChI=1S/C12H17N3O3/c1-8-5-15(6-9(8)12(17)18-3)11(16)10-4-13-7-14(10)2/h4,7-9H,5-6H2,1-3H3. The summed E-state index contributed by atoms with van der Waals surface area (Å²) in [4.78, 5) is 29.4. The Kier molecular flexibility index (Phi) is 3.36. The van der Waals surface area contributed by atoms with Crippen LogP contribution in [0.2, 0.25) is 0 Å². The van der Waals surface area contributed by atoms with E-state index in [1.807, 2.05) is 6.92 Å². The molecule has 0 bridgehead atoms. The van der Waals surface area contributed by atoms with E-state index in [4.69, 9.17) is 4.74 Å². The molecule has 98 valence electrons. The average molecular weight is 251 g/mol. The normalized spacial score (nSPS) is 23.2. The zero-order chi connectivity index (χ0) is 13.3. The number of likely N-dealkylation sites (tertiary alicyclic amines) is 1. The van der Waals surface area contributed by atoms with Crippen LogP contribution in [0.5, 0.6) is 0 Å². The predicted octanol–water partition coefficient (Wildman–Crippen LogP) is 0.301. The maximum atomic E-state index is 12.2. The number of aryl methyl sites for hydroxylation is 1. The van der Waals surface area contributed by atoms with E-state index in [1.54, 1.807) is 29.0 Å². The van der Waals surface area contributed by atoms with Gasteiger partial charge in [-0.1, -0.05) is 6.92 Å². The smallest absolute Gasteiger partial charge is 0.310 e. The number of esters is 1. The Morgan fingerprint density at radius 1 is 1.44 bits per heavy atom. The minimum atomic E-state index is -0.247. The van der Waals surface area contributed by atoms with E-state index in [0.717, 1.165) is 0 Å². The van der Waals surface area contributed by atoms with Crippen LogP contribution in [0, 0.1) is 11.8 Å². The number of carbonyl (C=O) groups excluding carboxylic acids is 2. The molecular formula is C12H17N3O3. The van der Waals surface area contributed by atoms with Gasteiger partial charge in [0.05, 0.1) is 25.6 Å². The molecule has 6 nitrogen and oxygen atoms in total. The molecule has 2 rings (SSSR count). The fourth-order valence-electron chi connectivity index (χ4n) is 2.32. The van der Waals surface area contributed by atoms with Gasteiger partial charge in [0.25, 0.3) is 5.91 Å². The number of aromatic nitrogens is 2. The van der Waals surface area contributed by atoms with Crippen molar-refractivity contribution in [1.29, 1.82) is 0 Å². The summed E-state index contributed by atoms with van der Waals surface area (Å²) in [6, 6.07) is 0. The molecule has 0 aromatic carbocycles. The van der Waals surface area contributed by atoms with Crippen LogP contribution in [0.25, 0.3) is 0 Å². The van der Waals surface area contributed by atoms with Crippen LogP contribution in [0.15, 0.2) is 12.5 Å². The van der Waals surface area contributed by atoms with Gasteiger partial charge in [-0.05, 0) is 5.92 Å². The third-order valence-electron chi connectivity index (χ3n) is 3.44. The number of hydrogen-bond donors (Lipinski definition) is 0. The Morgan fingerprint density at radius 2 is 2.17 bits per heavy atom. The highest BCUT2D eigenvalue weighted by molar-refractivity contribution is 5.93. The van der Waals surface area contributed by atoms with E-state index in [-0.39, 0.29) is 23.7 Å². The second-order valence-electron chi connectivity index (χ2n) is 4.71. The van der Waals surface area contributed by atoms with Crippen molar-refractivity contribution >= 4 is 11.9 Å². The molecule has 2 heterocycles. The van der Waals surface area contributed by atoms with Crippen LogP contribution < -0.4 is 0 Å². The van der Waals surface area contributed by atoms with Gasteiger partial charge in [-0.15, -0.1) is 0 Å². The summed E-state index contributed by atoms with van der Waals surface area (Å²) in [6.45, 7) is 2.94. The van der Waals surface area contributed by atoms with Gasteiger partial charge in [0, 0.05) is 20.1 Å². The highest BCUT2D eigenvalue weighted by Crippen LogP contribution is 2.25. The van der Waals surface area contributed by atoms with Gasteiger partial charge in [-0.25, -0.2) is 4.98 Å². The van der Waals surface area contributed by atoms with Crippen LogP contribution in [-0.2, 0) is 16.6 Å². The number of amides is 1. The molecule has 18 heavy (non-hydrogen) atoms. The lowest BCUT2D eigenvalue weighted by atomic mass is 9.99. The van der Waals surface area contributed by atoms with Crippen molar-refractivity contribution < 1.29 is 14.3 Å². The van der Waals surface area contributed by atoms with Crippen molar-refractivity contribution in [3.8, 4) is 0 Å². The number of hydrogen-bond acceptors (Lipinski definition) is 4. The Hall–Kier alpha value is -1.85. The zero-order valence-corrected chi connectivity index (χ0v) is 10.8. The van der Waals surface area contributed by atoms with Crippen LogP contribution in [0.1, 0.15) is 17.4 Å². The summed E-state index contributed by atoms with van der Waals surface area (Å²) in [5.41, 5.74) is 0.535. The number of methoxy groups -OCH3 is 1. The minimum Gasteiger partial charge on any atom is -0.469 e. The third-order valence-corrected chi connectivity index (χ3v) is 3.44. The SMILES string of the molecule is COC(=O)C1CN(C(=O)c2cncn2C)CC1C. The first-order valence-electron chi connectivity index (χ1n) is 5.88. The van der Waals surface area contributed by atoms with Gasteiger partial charge >= 0.3 is 5.97 Å². The van der Waals surface area contributed by atoms with E-state index in [0.29, 0.717) is 18.8 Å². The summed E-state index contributed by atoms with van der Waals surface area (Å²) in [5, 5.41) is 0. The molecule has 0 saturated carbocycles. The van der Waals surface area contributed by atoms with E-state index < -0.39 is 0 Å². The summed E-state index contributed by atoms with van der Waals surface area (Å²) in [7, 11) is 3.15. The summed E-state index contributed by atoms with van der Waals surface area (Å²) in [6.07, 6.45) is 3.13. The average Bonchev–Trinajstić information content (AvgIpc) is 2.93. The van der Waals surface area contributed by atoms with Crippen LogP contribution in [0.3, 0.4) is 0 Å². The maximum absolute atomic E-state index is 12.2. The highest BCUT2D eigenvalue weighted by Gasteiger charge is 2.38. The number of imidazole rings is 1. The monoisotopic (exact) mass is 251 g/mol. The minimum absolute atomic E-state index is 0.0896. The third kappa shape index (κ3) is 2.10. The fourth-order valence-corrected chi connectivity index (χ4v) is 2.32. The first kappa shape index (κ1) is 12.6. The lowest BCUT2D eigenvalue weighted by molar-refractivity contribution is -0.146. The molecule has 0 spiro atoms. The van der Waals surface area contributed by atoms with Crippen molar-refractivity contribution in [2.75, 3.05) is 20.2 Å². The summed E-state index contributed by atoms with van der Waals surface area (Å²) >= 11 is 0. The molecule has 1 aromatic rings. The van der Waals surface area contributed by atoms with Crippen molar-refractivity contribution in [2.24, 2.45) is 18.9 Å². The molecule has 2 atom stereocenters. The Bertz CT molecular complexity index is 469. The maximum Gasteiger partial charge on any atom is 0.310 e. The topological polar surface area (TPSA) is 64.4 Å². The van der Waals surface area contributed by atoms with Gasteiger partial charge < -0.3 is 14.2 Å². The number of rotatable bonds is 2. The molecule has 1 fully saturated rings. The first-order valence-corrected chi connectivity index (χ1v) is 5.88. The Balaban J connectivity index is 2.11. The molecule has 1 amide bonds. The second-order valence-corrected chi connectivity index (χ2v) is 4.71. The summed E-state index contributed by atoms with van der Waals surface area (Å²) < 4.78 is 6.43. The van der Waals surface area contributed by atoms with Gasteiger partial charge in [0.15, 0.2) is 0 Å². The molecular weight excluding hydrogens is 234 g/mol. The van der Waals surface area contributed by atoms with Crippen LogP contribution in [-0.4, -0.2) is 46.5 Å². The molecule has 0 radical (unpaired) electrons. The first-order chi connectivity index (χ1) is 8.54. The fraction of sp³-hybridized carbons (Fsp3) is 0.583. The van der Waals surface area contributed by atoms with E-state index >= 15 is 0 Å². The van der Waals surface area contributed by atoms with Crippen LogP contribution in [0.4, 0.5) is 0 Å². The van der Waals surface area contributed by atoms with Gasteiger partial charge in [0.2, 0.25) is 0 Å². The van der Waals surface area contributed by atoms with Gasteiger partial charge in [0.1, 0.15) is 5.69 Å². The number of carbonyl (C=O) groups is 2. The van der Waals surface area contributed by atoms with Gasteiger partial charge in [-0.2, -0.15) is 0 Å². The molecule has 1 aromatic heterocycles. The molecule has 0 aliphatic carbocycles. The highest BCUT2D eigenvalue weighted by atomic mass is 16.5. The quantitative estimate of drug-likeness (QED) is 0.709. The molecule has 2 unspecified atom stereocenters. The molecule has 1 saturated heterocycles. The molecule has 1 aliphatic rings. The van der Waals surface area contributed by atoms with Gasteiger partial charge in [-0.3, -0.25) is 9.59 Å². The Labute approximate surface area is 106 Å². The largest absolute Gasteiger partial charge is 0.469 e. The van der Waals surface area contributed by atoms with Crippen molar-refractivity contribution in [3.05, 3.63) is 18.2 Å². The lowest BCUT2D eigenvalue weighted by Crippen LogP contribution is -2.31.